The van der Waals surface area contributed by atoms with Gasteiger partial charge in [0.2, 0.25) is 0 Å². The van der Waals surface area contributed by atoms with E-state index in [4.69, 9.17) is 22.1 Å². The van der Waals surface area contributed by atoms with Crippen LogP contribution in [-0.4, -0.2) is 31.1 Å². The number of nitrogens with one attached hydrogen (secondary N) is 1. The van der Waals surface area contributed by atoms with Gasteiger partial charge in [-0.05, 0) is 80.6 Å². The third kappa shape index (κ3) is 8.82. The van der Waals surface area contributed by atoms with Crippen molar-refractivity contribution in [1.82, 2.24) is 10.2 Å². The smallest absolute Gasteiger partial charge is 0.143 e. The van der Waals surface area contributed by atoms with Crippen molar-refractivity contribution in [3.63, 3.8) is 0 Å². The lowest BCUT2D eigenvalue weighted by molar-refractivity contribution is 0.139. The Labute approximate surface area is 235 Å². The number of aryl methyl sites for hydroxylation is 1. The molecule has 0 radical (unpaired) electrons. The lowest BCUT2D eigenvalue weighted by atomic mass is 10.0. The third-order valence-electron chi connectivity index (χ3n) is 6.68. The molecule has 1 aliphatic rings. The van der Waals surface area contributed by atoms with Gasteiger partial charge in [0.15, 0.2) is 0 Å². The van der Waals surface area contributed by atoms with Gasteiger partial charge in [0, 0.05) is 29.4 Å². The quantitative estimate of drug-likeness (QED) is 0.213. The van der Waals surface area contributed by atoms with Gasteiger partial charge in [-0.25, -0.2) is 0 Å². The zero-order valence-electron chi connectivity index (χ0n) is 23.9. The standard InChI is InChI=1S/C31H40ClN3O.C2H6/c1-6-25-11-10-12-29(32)31(25)24(5)36-30(22(3)33)21-26(7-2)28-15-13-27(14-16-28)23(4)34-17-20-35-18-8-9-19-35;1-2/h7,10-16,21,24,34H,3-4,6,8-9,17-20,33H2,1-2,5H3;1-2H3/b26-7+,30-21+;. The molecule has 0 spiro atoms. The number of nitrogens with two attached hydrogens (primary N) is 1. The van der Waals surface area contributed by atoms with E-state index in [1.165, 1.54) is 25.9 Å². The van der Waals surface area contributed by atoms with Crippen LogP contribution in [0.1, 0.15) is 75.8 Å². The monoisotopic (exact) mass is 535 g/mol. The van der Waals surface area contributed by atoms with Gasteiger partial charge in [0.25, 0.3) is 0 Å². The van der Waals surface area contributed by atoms with Gasteiger partial charge in [0.05, 0.1) is 5.70 Å². The first-order chi connectivity index (χ1) is 18.3. The molecule has 1 saturated heterocycles. The van der Waals surface area contributed by atoms with Gasteiger partial charge in [0.1, 0.15) is 11.9 Å². The van der Waals surface area contributed by atoms with E-state index in [0.717, 1.165) is 53.0 Å². The van der Waals surface area contributed by atoms with E-state index < -0.39 is 0 Å². The summed E-state index contributed by atoms with van der Waals surface area (Å²) in [6, 6.07) is 14.3. The zero-order chi connectivity index (χ0) is 28.1. The van der Waals surface area contributed by atoms with E-state index in [9.17, 15) is 0 Å². The van der Waals surface area contributed by atoms with Crippen LogP contribution in [0.5, 0.6) is 0 Å². The van der Waals surface area contributed by atoms with Crippen molar-refractivity contribution in [3.05, 3.63) is 107 Å². The van der Waals surface area contributed by atoms with Crippen LogP contribution < -0.4 is 11.1 Å². The maximum absolute atomic E-state index is 6.52. The summed E-state index contributed by atoms with van der Waals surface area (Å²) >= 11 is 6.52. The average Bonchev–Trinajstić information content (AvgIpc) is 3.45. The van der Waals surface area contributed by atoms with Crippen LogP contribution in [0.15, 0.2) is 79.2 Å². The maximum atomic E-state index is 6.52. The highest BCUT2D eigenvalue weighted by Crippen LogP contribution is 2.32. The van der Waals surface area contributed by atoms with Crippen molar-refractivity contribution in [2.45, 2.75) is 60.0 Å². The molecule has 1 atom stereocenters. The number of hydrogen-bond donors (Lipinski definition) is 2. The summed E-state index contributed by atoms with van der Waals surface area (Å²) in [6.07, 6.45) is 7.22. The number of likely N-dealkylation sites (tertiary alicyclic amines) is 1. The molecule has 2 aromatic rings. The molecule has 0 bridgehead atoms. The molecule has 0 aliphatic carbocycles. The number of allylic oxidation sites excluding steroid dienone is 3. The summed E-state index contributed by atoms with van der Waals surface area (Å²) in [4.78, 5) is 2.49. The Morgan fingerprint density at radius 3 is 2.32 bits per heavy atom. The van der Waals surface area contributed by atoms with Crippen molar-refractivity contribution in [1.29, 1.82) is 0 Å². The molecule has 5 heteroatoms. The summed E-state index contributed by atoms with van der Waals surface area (Å²) in [5, 5.41) is 4.16. The minimum Gasteiger partial charge on any atom is -0.484 e. The summed E-state index contributed by atoms with van der Waals surface area (Å²) in [5.74, 6) is 0.537. The largest absolute Gasteiger partial charge is 0.484 e. The minimum atomic E-state index is -0.268. The van der Waals surface area contributed by atoms with Gasteiger partial charge < -0.3 is 20.7 Å². The molecule has 0 saturated carbocycles. The number of hydrogen-bond acceptors (Lipinski definition) is 4. The molecule has 3 N–H and O–H groups in total. The van der Waals surface area contributed by atoms with Gasteiger partial charge in [-0.1, -0.05) is 88.0 Å². The van der Waals surface area contributed by atoms with Gasteiger partial charge in [-0.2, -0.15) is 0 Å². The van der Waals surface area contributed by atoms with E-state index in [-0.39, 0.29) is 6.10 Å². The first-order valence-corrected chi connectivity index (χ1v) is 14.2. The molecular formula is C33H46ClN3O. The zero-order valence-corrected chi connectivity index (χ0v) is 24.7. The number of rotatable bonds is 12. The average molecular weight is 536 g/mol. The molecule has 0 aromatic heterocycles. The fourth-order valence-electron chi connectivity index (χ4n) is 4.61. The third-order valence-corrected chi connectivity index (χ3v) is 7.01. The molecular weight excluding hydrogens is 490 g/mol. The van der Waals surface area contributed by atoms with E-state index in [1.54, 1.807) is 0 Å². The Kier molecular flexibility index (Phi) is 13.3. The lowest BCUT2D eigenvalue weighted by Gasteiger charge is -2.21. The van der Waals surface area contributed by atoms with Crippen LogP contribution >= 0.6 is 11.6 Å². The molecule has 1 unspecified atom stereocenters. The van der Waals surface area contributed by atoms with Gasteiger partial charge >= 0.3 is 0 Å². The highest BCUT2D eigenvalue weighted by molar-refractivity contribution is 6.31. The molecule has 0 amide bonds. The number of benzene rings is 2. The summed E-state index contributed by atoms with van der Waals surface area (Å²) in [5.41, 5.74) is 12.7. The molecule has 1 fully saturated rings. The Hall–Kier alpha value is -2.95. The second kappa shape index (κ2) is 16.1. The Bertz CT molecular complexity index is 1110. The van der Waals surface area contributed by atoms with E-state index in [1.807, 2.05) is 52.0 Å². The topological polar surface area (TPSA) is 50.5 Å². The molecule has 3 rings (SSSR count). The van der Waals surface area contributed by atoms with E-state index >= 15 is 0 Å². The summed E-state index contributed by atoms with van der Waals surface area (Å²) in [6.45, 7) is 22.7. The van der Waals surface area contributed by atoms with Crippen molar-refractivity contribution >= 4 is 22.9 Å². The number of nitrogens with zero attached hydrogens (tertiary/aromatic N) is 1. The fourth-order valence-corrected chi connectivity index (χ4v) is 4.96. The highest BCUT2D eigenvalue weighted by Gasteiger charge is 2.17. The lowest BCUT2D eigenvalue weighted by Crippen LogP contribution is -2.29. The van der Waals surface area contributed by atoms with Crippen LogP contribution in [0.3, 0.4) is 0 Å². The van der Waals surface area contributed by atoms with Crippen molar-refractivity contribution in [2.24, 2.45) is 5.73 Å². The van der Waals surface area contributed by atoms with Crippen LogP contribution in [0, 0.1) is 0 Å². The SMILES string of the molecule is C=C(N)/C(=C\C(=C/C)c1ccc(C(=C)NCCN2CCCC2)cc1)OC(C)c1c(Cl)cccc1CC.CC. The molecule has 38 heavy (non-hydrogen) atoms. The molecule has 206 valence electrons. The van der Waals surface area contributed by atoms with Crippen LogP contribution in [0.2, 0.25) is 5.02 Å². The van der Waals surface area contributed by atoms with Crippen LogP contribution in [0.25, 0.3) is 11.3 Å². The molecule has 1 aliphatic heterocycles. The first kappa shape index (κ1) is 31.3. The highest BCUT2D eigenvalue weighted by atomic mass is 35.5. The second-order valence-corrected chi connectivity index (χ2v) is 9.64. The fraction of sp³-hybridized carbons (Fsp3) is 0.394. The minimum absolute atomic E-state index is 0.268. The first-order valence-electron chi connectivity index (χ1n) is 13.9. The van der Waals surface area contributed by atoms with Crippen LogP contribution in [-0.2, 0) is 11.2 Å². The predicted octanol–water partition coefficient (Wildman–Crippen LogP) is 8.12. The van der Waals surface area contributed by atoms with E-state index in [2.05, 4.69) is 60.6 Å². The Morgan fingerprint density at radius 2 is 1.74 bits per heavy atom. The summed E-state index contributed by atoms with van der Waals surface area (Å²) in [7, 11) is 0. The normalized spacial score (nSPS) is 14.9. The van der Waals surface area contributed by atoms with Crippen LogP contribution in [0.4, 0.5) is 0 Å². The number of ether oxygens (including phenoxy) is 1. The van der Waals surface area contributed by atoms with Gasteiger partial charge in [-0.15, -0.1) is 0 Å². The van der Waals surface area contributed by atoms with E-state index in [0.29, 0.717) is 16.5 Å². The van der Waals surface area contributed by atoms with Crippen molar-refractivity contribution in [3.8, 4) is 0 Å². The molecule has 1 heterocycles. The molecule has 4 nitrogen and oxygen atoms in total. The Balaban J connectivity index is 0.00000247. The predicted molar refractivity (Wildman–Crippen MR) is 166 cm³/mol. The Morgan fingerprint density at radius 1 is 1.11 bits per heavy atom. The molecule has 2 aromatic carbocycles. The maximum Gasteiger partial charge on any atom is 0.143 e. The summed E-state index contributed by atoms with van der Waals surface area (Å²) < 4.78 is 6.31. The van der Waals surface area contributed by atoms with Gasteiger partial charge in [-0.3, -0.25) is 0 Å². The van der Waals surface area contributed by atoms with Crippen molar-refractivity contribution in [2.75, 3.05) is 26.2 Å². The van der Waals surface area contributed by atoms with Crippen molar-refractivity contribution < 1.29 is 4.74 Å². The second-order valence-electron chi connectivity index (χ2n) is 9.24. The number of halogens is 1.